The van der Waals surface area contributed by atoms with Gasteiger partial charge in [-0.3, -0.25) is 9.78 Å². The molecule has 2 aromatic heterocycles. The molecule has 1 aliphatic heterocycles. The van der Waals surface area contributed by atoms with Crippen LogP contribution in [0.1, 0.15) is 35.1 Å². The second-order valence-corrected chi connectivity index (χ2v) is 6.59. The molecule has 3 heterocycles. The van der Waals surface area contributed by atoms with Crippen LogP contribution < -0.4 is 0 Å². The first kappa shape index (κ1) is 16.6. The molecule has 2 aromatic rings. The van der Waals surface area contributed by atoms with Crippen molar-refractivity contribution in [2.24, 2.45) is 0 Å². The zero-order chi connectivity index (χ0) is 16.9. The highest BCUT2D eigenvalue weighted by molar-refractivity contribution is 5.92. The molecule has 0 saturated carbocycles. The molecule has 0 bridgehead atoms. The lowest BCUT2D eigenvalue weighted by Crippen LogP contribution is -2.40. The van der Waals surface area contributed by atoms with Crippen molar-refractivity contribution in [1.29, 1.82) is 0 Å². The van der Waals surface area contributed by atoms with Crippen molar-refractivity contribution in [3.05, 3.63) is 48.3 Å². The molecule has 0 aliphatic carbocycles. The van der Waals surface area contributed by atoms with E-state index in [9.17, 15) is 4.79 Å². The number of imidazole rings is 1. The normalized spacial score (nSPS) is 18.1. The molecule has 128 valence electrons. The smallest absolute Gasteiger partial charge is 0.272 e. The summed E-state index contributed by atoms with van der Waals surface area (Å²) in [4.78, 5) is 25.5. The average Bonchev–Trinajstić information content (AvgIpc) is 3.09. The molecule has 0 aromatic carbocycles. The van der Waals surface area contributed by atoms with Crippen molar-refractivity contribution in [2.45, 2.75) is 25.3 Å². The predicted molar refractivity (Wildman–Crippen MR) is 92.9 cm³/mol. The number of hydrogen-bond donors (Lipinski definition) is 0. The number of rotatable bonds is 5. The Kier molecular flexibility index (Phi) is 5.25. The molecule has 24 heavy (non-hydrogen) atoms. The molecule has 6 nitrogen and oxygen atoms in total. The van der Waals surface area contributed by atoms with Gasteiger partial charge in [-0.15, -0.1) is 0 Å². The summed E-state index contributed by atoms with van der Waals surface area (Å²) < 4.78 is 2.22. The van der Waals surface area contributed by atoms with E-state index < -0.39 is 0 Å². The van der Waals surface area contributed by atoms with Gasteiger partial charge in [0.1, 0.15) is 11.5 Å². The second-order valence-electron chi connectivity index (χ2n) is 6.59. The van der Waals surface area contributed by atoms with Gasteiger partial charge in [0, 0.05) is 50.7 Å². The first-order valence-electron chi connectivity index (χ1n) is 8.51. The fraction of sp³-hybridized carbons (Fsp3) is 0.500. The third-order valence-electron chi connectivity index (χ3n) is 4.49. The number of aromatic nitrogens is 3. The molecule has 0 radical (unpaired) electrons. The molecular formula is C18H25N5O. The Labute approximate surface area is 143 Å². The van der Waals surface area contributed by atoms with Gasteiger partial charge in [0.25, 0.3) is 5.91 Å². The molecule has 1 unspecified atom stereocenters. The zero-order valence-electron chi connectivity index (χ0n) is 14.4. The van der Waals surface area contributed by atoms with E-state index in [1.165, 1.54) is 0 Å². The third kappa shape index (κ3) is 3.82. The summed E-state index contributed by atoms with van der Waals surface area (Å²) in [6.07, 6.45) is 7.65. The number of amides is 1. The quantitative estimate of drug-likeness (QED) is 0.841. The van der Waals surface area contributed by atoms with Crippen molar-refractivity contribution in [1.82, 2.24) is 24.3 Å². The summed E-state index contributed by atoms with van der Waals surface area (Å²) in [7, 11) is 4.15. The van der Waals surface area contributed by atoms with Crippen LogP contribution in [0.5, 0.6) is 0 Å². The van der Waals surface area contributed by atoms with E-state index >= 15 is 0 Å². The molecule has 1 aliphatic rings. The molecule has 1 saturated heterocycles. The van der Waals surface area contributed by atoms with Gasteiger partial charge in [-0.05, 0) is 39.1 Å². The number of carbonyl (C=O) groups excluding carboxylic acids is 1. The van der Waals surface area contributed by atoms with E-state index in [1.54, 1.807) is 12.3 Å². The third-order valence-corrected chi connectivity index (χ3v) is 4.49. The van der Waals surface area contributed by atoms with Crippen molar-refractivity contribution >= 4 is 5.91 Å². The number of carbonyl (C=O) groups is 1. The maximum absolute atomic E-state index is 12.6. The Bertz CT molecular complexity index is 667. The van der Waals surface area contributed by atoms with Crippen LogP contribution in [0, 0.1) is 0 Å². The molecule has 1 fully saturated rings. The average molecular weight is 327 g/mol. The van der Waals surface area contributed by atoms with Crippen LogP contribution in [-0.4, -0.2) is 64.0 Å². The second kappa shape index (κ2) is 7.57. The Morgan fingerprint density at radius 1 is 1.29 bits per heavy atom. The van der Waals surface area contributed by atoms with Gasteiger partial charge < -0.3 is 14.4 Å². The van der Waals surface area contributed by atoms with E-state index in [1.807, 2.05) is 29.4 Å². The molecule has 1 atom stereocenters. The highest BCUT2D eigenvalue weighted by Gasteiger charge is 2.28. The van der Waals surface area contributed by atoms with E-state index in [2.05, 4.69) is 33.5 Å². The highest BCUT2D eigenvalue weighted by Crippen LogP contribution is 2.26. The minimum absolute atomic E-state index is 0.0201. The lowest BCUT2D eigenvalue weighted by Gasteiger charge is -2.32. The Morgan fingerprint density at radius 3 is 2.92 bits per heavy atom. The van der Waals surface area contributed by atoms with Crippen LogP contribution >= 0.6 is 0 Å². The van der Waals surface area contributed by atoms with Gasteiger partial charge in [0.15, 0.2) is 0 Å². The van der Waals surface area contributed by atoms with E-state index in [0.717, 1.165) is 38.3 Å². The van der Waals surface area contributed by atoms with Gasteiger partial charge in [0.2, 0.25) is 0 Å². The van der Waals surface area contributed by atoms with E-state index in [0.29, 0.717) is 18.2 Å². The minimum atomic E-state index is 0.0201. The summed E-state index contributed by atoms with van der Waals surface area (Å²) in [5.74, 6) is 1.41. The van der Waals surface area contributed by atoms with Crippen LogP contribution in [-0.2, 0) is 6.54 Å². The number of piperidine rings is 1. The number of hydrogen-bond acceptors (Lipinski definition) is 4. The fourth-order valence-electron chi connectivity index (χ4n) is 3.20. The van der Waals surface area contributed by atoms with Crippen molar-refractivity contribution in [2.75, 3.05) is 33.7 Å². The largest absolute Gasteiger partial charge is 0.337 e. The monoisotopic (exact) mass is 327 g/mol. The topological polar surface area (TPSA) is 54.3 Å². The first-order chi connectivity index (χ1) is 11.6. The summed E-state index contributed by atoms with van der Waals surface area (Å²) in [5.41, 5.74) is 0.522. The maximum atomic E-state index is 12.6. The molecule has 0 N–H and O–H groups in total. The van der Waals surface area contributed by atoms with Gasteiger partial charge in [-0.25, -0.2) is 4.98 Å². The van der Waals surface area contributed by atoms with Crippen LogP contribution in [0.15, 0.2) is 36.8 Å². The van der Waals surface area contributed by atoms with Crippen LogP contribution in [0.2, 0.25) is 0 Å². The number of likely N-dealkylation sites (tertiary alicyclic amines) is 1. The van der Waals surface area contributed by atoms with E-state index in [-0.39, 0.29) is 5.91 Å². The maximum Gasteiger partial charge on any atom is 0.272 e. The van der Waals surface area contributed by atoms with Gasteiger partial charge >= 0.3 is 0 Å². The van der Waals surface area contributed by atoms with Crippen molar-refractivity contribution in [3.8, 4) is 0 Å². The summed E-state index contributed by atoms with van der Waals surface area (Å²) in [6, 6.07) is 5.47. The molecular weight excluding hydrogens is 302 g/mol. The molecule has 3 rings (SSSR count). The highest BCUT2D eigenvalue weighted by atomic mass is 16.2. The molecule has 1 amide bonds. The van der Waals surface area contributed by atoms with Crippen molar-refractivity contribution in [3.63, 3.8) is 0 Å². The number of likely N-dealkylation sites (N-methyl/N-ethyl adjacent to an activating group) is 1. The van der Waals surface area contributed by atoms with Gasteiger partial charge in [-0.1, -0.05) is 6.07 Å². The van der Waals surface area contributed by atoms with Crippen LogP contribution in [0.4, 0.5) is 0 Å². The summed E-state index contributed by atoms with van der Waals surface area (Å²) in [5, 5.41) is 0. The number of nitrogens with zero attached hydrogens (tertiary/aromatic N) is 5. The van der Waals surface area contributed by atoms with Gasteiger partial charge in [-0.2, -0.15) is 0 Å². The Morgan fingerprint density at radius 2 is 2.17 bits per heavy atom. The molecule has 6 heteroatoms. The zero-order valence-corrected chi connectivity index (χ0v) is 14.4. The van der Waals surface area contributed by atoms with Crippen molar-refractivity contribution < 1.29 is 4.79 Å². The van der Waals surface area contributed by atoms with Crippen LogP contribution in [0.3, 0.4) is 0 Å². The van der Waals surface area contributed by atoms with Gasteiger partial charge in [0.05, 0.1) is 0 Å². The standard InChI is InChI=1S/C18H25N5O/c1-21(2)12-13-22-11-9-20-17(22)15-6-5-10-23(14-15)18(24)16-7-3-4-8-19-16/h3-4,7-9,11,15H,5-6,10,12-14H2,1-2H3. The summed E-state index contributed by atoms with van der Waals surface area (Å²) in [6.45, 7) is 3.42. The summed E-state index contributed by atoms with van der Waals surface area (Å²) >= 11 is 0. The lowest BCUT2D eigenvalue weighted by atomic mass is 9.96. The SMILES string of the molecule is CN(C)CCn1ccnc1C1CCCN(C(=O)c2ccccn2)C1. The minimum Gasteiger partial charge on any atom is -0.337 e. The van der Waals surface area contributed by atoms with Crippen LogP contribution in [0.25, 0.3) is 0 Å². The molecule has 0 spiro atoms. The number of pyridine rings is 1. The van der Waals surface area contributed by atoms with E-state index in [4.69, 9.17) is 0 Å². The lowest BCUT2D eigenvalue weighted by molar-refractivity contribution is 0.0697. The first-order valence-corrected chi connectivity index (χ1v) is 8.51. The fourth-order valence-corrected chi connectivity index (χ4v) is 3.20. The Balaban J connectivity index is 1.70. The Hall–Kier alpha value is -2.21. The predicted octanol–water partition coefficient (Wildman–Crippen LogP) is 1.86.